The molecule has 0 aliphatic rings. The van der Waals surface area contributed by atoms with Crippen molar-refractivity contribution in [2.45, 2.75) is 6.92 Å². The SMILES string of the molecule is Cc1ccc(N)c(Oc2ncc[nH]c2=O)c1. The molecule has 0 saturated heterocycles. The molecule has 5 nitrogen and oxygen atoms in total. The largest absolute Gasteiger partial charge is 0.432 e. The van der Waals surface area contributed by atoms with Gasteiger partial charge in [-0.15, -0.1) is 0 Å². The van der Waals surface area contributed by atoms with E-state index in [1.165, 1.54) is 12.4 Å². The first-order chi connectivity index (χ1) is 7.66. The van der Waals surface area contributed by atoms with Crippen molar-refractivity contribution < 1.29 is 4.74 Å². The zero-order valence-electron chi connectivity index (χ0n) is 8.73. The average Bonchev–Trinajstić information content (AvgIpc) is 2.27. The smallest absolute Gasteiger partial charge is 0.311 e. The van der Waals surface area contributed by atoms with Crippen LogP contribution >= 0.6 is 0 Å². The van der Waals surface area contributed by atoms with Crippen LogP contribution in [0, 0.1) is 6.92 Å². The number of aromatic nitrogens is 2. The Labute approximate surface area is 91.9 Å². The predicted molar refractivity (Wildman–Crippen MR) is 60.5 cm³/mol. The number of aryl methyl sites for hydroxylation is 1. The summed E-state index contributed by atoms with van der Waals surface area (Å²) < 4.78 is 5.34. The molecule has 2 aromatic rings. The Morgan fingerprint density at radius 2 is 2.25 bits per heavy atom. The highest BCUT2D eigenvalue weighted by Gasteiger charge is 2.06. The van der Waals surface area contributed by atoms with E-state index in [0.717, 1.165) is 5.56 Å². The van der Waals surface area contributed by atoms with Gasteiger partial charge in [0.05, 0.1) is 5.69 Å². The van der Waals surface area contributed by atoms with E-state index in [0.29, 0.717) is 11.4 Å². The molecule has 0 fully saturated rings. The van der Waals surface area contributed by atoms with E-state index in [1.807, 2.05) is 13.0 Å². The van der Waals surface area contributed by atoms with Crippen molar-refractivity contribution in [1.82, 2.24) is 9.97 Å². The first-order valence-corrected chi connectivity index (χ1v) is 4.74. The predicted octanol–water partition coefficient (Wildman–Crippen LogP) is 1.45. The van der Waals surface area contributed by atoms with Crippen molar-refractivity contribution in [3.63, 3.8) is 0 Å². The van der Waals surface area contributed by atoms with Gasteiger partial charge in [0, 0.05) is 12.4 Å². The second-order valence-electron chi connectivity index (χ2n) is 3.37. The van der Waals surface area contributed by atoms with Gasteiger partial charge in [0.1, 0.15) is 0 Å². The lowest BCUT2D eigenvalue weighted by atomic mass is 10.2. The number of nitrogens with zero attached hydrogens (tertiary/aromatic N) is 1. The van der Waals surface area contributed by atoms with Crippen LogP contribution in [0.1, 0.15) is 5.56 Å². The summed E-state index contributed by atoms with van der Waals surface area (Å²) in [6.07, 6.45) is 2.89. The summed E-state index contributed by atoms with van der Waals surface area (Å²) in [5.41, 5.74) is 6.80. The van der Waals surface area contributed by atoms with Crippen molar-refractivity contribution >= 4 is 5.69 Å². The first kappa shape index (κ1) is 10.2. The summed E-state index contributed by atoms with van der Waals surface area (Å²) in [5.74, 6) is 0.420. The molecule has 0 bridgehead atoms. The van der Waals surface area contributed by atoms with E-state index in [-0.39, 0.29) is 11.4 Å². The van der Waals surface area contributed by atoms with Crippen molar-refractivity contribution in [2.75, 3.05) is 5.73 Å². The van der Waals surface area contributed by atoms with Crippen molar-refractivity contribution in [1.29, 1.82) is 0 Å². The maximum absolute atomic E-state index is 11.3. The monoisotopic (exact) mass is 217 g/mol. The number of nitrogens with two attached hydrogens (primary N) is 1. The Kier molecular flexibility index (Phi) is 2.59. The normalized spacial score (nSPS) is 10.1. The zero-order valence-corrected chi connectivity index (χ0v) is 8.73. The number of benzene rings is 1. The van der Waals surface area contributed by atoms with E-state index >= 15 is 0 Å². The number of nitrogens with one attached hydrogen (secondary N) is 1. The molecule has 16 heavy (non-hydrogen) atoms. The number of hydrogen-bond acceptors (Lipinski definition) is 4. The molecule has 2 rings (SSSR count). The number of hydrogen-bond donors (Lipinski definition) is 2. The molecular weight excluding hydrogens is 206 g/mol. The van der Waals surface area contributed by atoms with Crippen LogP contribution in [0.15, 0.2) is 35.4 Å². The lowest BCUT2D eigenvalue weighted by Gasteiger charge is -2.07. The molecule has 1 aromatic heterocycles. The Balaban J connectivity index is 2.38. The van der Waals surface area contributed by atoms with Gasteiger partial charge in [-0.05, 0) is 24.6 Å². The lowest BCUT2D eigenvalue weighted by Crippen LogP contribution is -2.09. The zero-order chi connectivity index (χ0) is 11.5. The van der Waals surface area contributed by atoms with Crippen LogP contribution in [0.25, 0.3) is 0 Å². The molecule has 0 radical (unpaired) electrons. The van der Waals surface area contributed by atoms with Crippen LogP contribution < -0.4 is 16.0 Å². The Bertz CT molecular complexity index is 563. The number of ether oxygens (including phenoxy) is 1. The molecule has 0 spiro atoms. The van der Waals surface area contributed by atoms with Gasteiger partial charge in [-0.25, -0.2) is 4.98 Å². The molecular formula is C11H11N3O2. The minimum atomic E-state index is -0.386. The standard InChI is InChI=1S/C11H11N3O2/c1-7-2-3-8(12)9(6-7)16-11-10(15)13-4-5-14-11/h2-6H,12H2,1H3,(H,13,15). The molecule has 5 heteroatoms. The molecule has 3 N–H and O–H groups in total. The maximum Gasteiger partial charge on any atom is 0.311 e. The maximum atomic E-state index is 11.3. The van der Waals surface area contributed by atoms with E-state index in [2.05, 4.69) is 9.97 Å². The third kappa shape index (κ3) is 2.03. The highest BCUT2D eigenvalue weighted by molar-refractivity contribution is 5.54. The van der Waals surface area contributed by atoms with E-state index in [1.54, 1.807) is 12.1 Å². The van der Waals surface area contributed by atoms with Crippen LogP contribution in [0.2, 0.25) is 0 Å². The molecule has 0 atom stereocenters. The minimum absolute atomic E-state index is 0.0141. The molecule has 0 aliphatic heterocycles. The number of H-pyrrole nitrogens is 1. The molecule has 1 aromatic carbocycles. The molecule has 0 saturated carbocycles. The van der Waals surface area contributed by atoms with Crippen LogP contribution in [-0.4, -0.2) is 9.97 Å². The van der Waals surface area contributed by atoms with E-state index in [9.17, 15) is 4.79 Å². The summed E-state index contributed by atoms with van der Waals surface area (Å²) in [5, 5.41) is 0. The van der Waals surface area contributed by atoms with Gasteiger partial charge in [0.2, 0.25) is 0 Å². The van der Waals surface area contributed by atoms with Crippen molar-refractivity contribution in [3.8, 4) is 11.6 Å². The topological polar surface area (TPSA) is 81.0 Å². The summed E-state index contributed by atoms with van der Waals surface area (Å²) in [7, 11) is 0. The Morgan fingerprint density at radius 1 is 1.44 bits per heavy atom. The average molecular weight is 217 g/mol. The number of rotatable bonds is 2. The van der Waals surface area contributed by atoms with Gasteiger partial charge in [-0.3, -0.25) is 4.79 Å². The second-order valence-corrected chi connectivity index (χ2v) is 3.37. The van der Waals surface area contributed by atoms with Crippen LogP contribution in [-0.2, 0) is 0 Å². The van der Waals surface area contributed by atoms with E-state index < -0.39 is 0 Å². The summed E-state index contributed by atoms with van der Waals surface area (Å²) in [4.78, 5) is 17.6. The fraction of sp³-hybridized carbons (Fsp3) is 0.0909. The summed E-state index contributed by atoms with van der Waals surface area (Å²) >= 11 is 0. The molecule has 0 aliphatic carbocycles. The van der Waals surface area contributed by atoms with Gasteiger partial charge in [0.25, 0.3) is 5.88 Å². The van der Waals surface area contributed by atoms with Gasteiger partial charge < -0.3 is 15.5 Å². The second kappa shape index (κ2) is 4.06. The summed E-state index contributed by atoms with van der Waals surface area (Å²) in [6.45, 7) is 1.91. The van der Waals surface area contributed by atoms with Crippen LogP contribution in [0.4, 0.5) is 5.69 Å². The fourth-order valence-electron chi connectivity index (χ4n) is 1.25. The molecule has 0 unspecified atom stereocenters. The quantitative estimate of drug-likeness (QED) is 0.746. The van der Waals surface area contributed by atoms with E-state index in [4.69, 9.17) is 10.5 Å². The lowest BCUT2D eigenvalue weighted by molar-refractivity contribution is 0.456. The van der Waals surface area contributed by atoms with Gasteiger partial charge >= 0.3 is 5.56 Å². The number of nitrogen functional groups attached to an aromatic ring is 1. The van der Waals surface area contributed by atoms with Crippen molar-refractivity contribution in [3.05, 3.63) is 46.5 Å². The number of anilines is 1. The highest BCUT2D eigenvalue weighted by Crippen LogP contribution is 2.25. The molecule has 82 valence electrons. The summed E-state index contributed by atoms with van der Waals surface area (Å²) in [6, 6.07) is 5.34. The van der Waals surface area contributed by atoms with Gasteiger partial charge in [0.15, 0.2) is 5.75 Å². The van der Waals surface area contributed by atoms with Crippen LogP contribution in [0.3, 0.4) is 0 Å². The fourth-order valence-corrected chi connectivity index (χ4v) is 1.25. The molecule has 0 amide bonds. The van der Waals surface area contributed by atoms with Crippen molar-refractivity contribution in [2.24, 2.45) is 0 Å². The van der Waals surface area contributed by atoms with Gasteiger partial charge in [-0.1, -0.05) is 6.07 Å². The third-order valence-corrected chi connectivity index (χ3v) is 2.05. The Hall–Kier alpha value is -2.30. The minimum Gasteiger partial charge on any atom is -0.432 e. The first-order valence-electron chi connectivity index (χ1n) is 4.74. The number of aromatic amines is 1. The Morgan fingerprint density at radius 3 is 3.00 bits per heavy atom. The van der Waals surface area contributed by atoms with Gasteiger partial charge in [-0.2, -0.15) is 0 Å². The highest BCUT2D eigenvalue weighted by atomic mass is 16.5. The molecule has 1 heterocycles. The van der Waals surface area contributed by atoms with Crippen LogP contribution in [0.5, 0.6) is 11.6 Å². The third-order valence-electron chi connectivity index (χ3n) is 2.05.